The molecule has 1 aliphatic heterocycles. The average molecular weight is 166 g/mol. The number of ether oxygens (including phenoxy) is 2. The van der Waals surface area contributed by atoms with Crippen molar-refractivity contribution in [1.82, 2.24) is 0 Å². The van der Waals surface area contributed by atoms with E-state index >= 15 is 0 Å². The molecule has 0 bridgehead atoms. The Kier molecular flexibility index (Phi) is 3.45. The maximum absolute atomic E-state index is 5.40. The molecule has 0 aliphatic carbocycles. The molecule has 0 aromatic rings. The monoisotopic (exact) mass is 166 g/mol. The standard InChI is InChI=1S/C10H14O2/c1-3-5-9-10(6-4-2)12-8-7-11-9/h3-6H,7-8H2,1-2H3/b5-3-,6-4?. The second kappa shape index (κ2) is 4.65. The Morgan fingerprint density at radius 2 is 1.33 bits per heavy atom. The van der Waals surface area contributed by atoms with Gasteiger partial charge in [-0.25, -0.2) is 0 Å². The van der Waals surface area contributed by atoms with Gasteiger partial charge in [-0.2, -0.15) is 0 Å². The lowest BCUT2D eigenvalue weighted by molar-refractivity contribution is 0.0768. The lowest BCUT2D eigenvalue weighted by Gasteiger charge is -2.17. The Balaban J connectivity index is 2.82. The lowest BCUT2D eigenvalue weighted by Crippen LogP contribution is -2.11. The van der Waals surface area contributed by atoms with Crippen LogP contribution in [-0.4, -0.2) is 13.2 Å². The van der Waals surface area contributed by atoms with Crippen molar-refractivity contribution >= 4 is 0 Å². The highest BCUT2D eigenvalue weighted by molar-refractivity contribution is 5.25. The van der Waals surface area contributed by atoms with Gasteiger partial charge in [0.15, 0.2) is 11.5 Å². The largest absolute Gasteiger partial charge is 0.486 e. The van der Waals surface area contributed by atoms with Crippen LogP contribution in [0.4, 0.5) is 0 Å². The summed E-state index contributed by atoms with van der Waals surface area (Å²) in [4.78, 5) is 0. The molecule has 0 radical (unpaired) electrons. The Bertz CT molecular complexity index is 200. The zero-order valence-electron chi connectivity index (χ0n) is 7.54. The number of rotatable bonds is 2. The topological polar surface area (TPSA) is 18.5 Å². The van der Waals surface area contributed by atoms with E-state index in [4.69, 9.17) is 9.47 Å². The summed E-state index contributed by atoms with van der Waals surface area (Å²) in [5.74, 6) is 1.64. The van der Waals surface area contributed by atoms with Gasteiger partial charge in [0.2, 0.25) is 0 Å². The fourth-order valence-electron chi connectivity index (χ4n) is 1.01. The first-order valence-electron chi connectivity index (χ1n) is 4.13. The van der Waals surface area contributed by atoms with Crippen molar-refractivity contribution in [2.75, 3.05) is 13.2 Å². The highest BCUT2D eigenvalue weighted by atomic mass is 16.6. The second-order valence-corrected chi connectivity index (χ2v) is 2.43. The quantitative estimate of drug-likeness (QED) is 0.627. The third kappa shape index (κ3) is 2.16. The molecule has 0 spiro atoms. The van der Waals surface area contributed by atoms with Crippen LogP contribution in [0.2, 0.25) is 0 Å². The zero-order chi connectivity index (χ0) is 8.81. The van der Waals surface area contributed by atoms with Gasteiger partial charge in [0, 0.05) is 0 Å². The van der Waals surface area contributed by atoms with Gasteiger partial charge in [0.1, 0.15) is 13.2 Å². The average Bonchev–Trinajstić information content (AvgIpc) is 2.09. The first-order chi connectivity index (χ1) is 5.88. The summed E-state index contributed by atoms with van der Waals surface area (Å²) >= 11 is 0. The molecule has 1 aliphatic rings. The van der Waals surface area contributed by atoms with Gasteiger partial charge in [-0.3, -0.25) is 0 Å². The molecule has 1 heterocycles. The van der Waals surface area contributed by atoms with Crippen molar-refractivity contribution in [3.8, 4) is 0 Å². The molecule has 0 saturated heterocycles. The fraction of sp³-hybridized carbons (Fsp3) is 0.400. The van der Waals surface area contributed by atoms with E-state index in [9.17, 15) is 0 Å². The summed E-state index contributed by atoms with van der Waals surface area (Å²) < 4.78 is 10.8. The van der Waals surface area contributed by atoms with Crippen LogP contribution in [0, 0.1) is 0 Å². The molecule has 0 fully saturated rings. The van der Waals surface area contributed by atoms with Crippen molar-refractivity contribution < 1.29 is 9.47 Å². The maximum Gasteiger partial charge on any atom is 0.161 e. The minimum Gasteiger partial charge on any atom is -0.486 e. The molecule has 2 nitrogen and oxygen atoms in total. The van der Waals surface area contributed by atoms with Gasteiger partial charge in [0.25, 0.3) is 0 Å². The van der Waals surface area contributed by atoms with Crippen LogP contribution in [0.15, 0.2) is 35.8 Å². The third-order valence-electron chi connectivity index (χ3n) is 1.48. The van der Waals surface area contributed by atoms with E-state index in [2.05, 4.69) is 0 Å². The zero-order valence-corrected chi connectivity index (χ0v) is 7.54. The van der Waals surface area contributed by atoms with E-state index in [-0.39, 0.29) is 0 Å². The van der Waals surface area contributed by atoms with E-state index in [0.29, 0.717) is 13.2 Å². The summed E-state index contributed by atoms with van der Waals surface area (Å²) in [5.41, 5.74) is 0. The first-order valence-corrected chi connectivity index (χ1v) is 4.13. The molecule has 0 aromatic heterocycles. The lowest BCUT2D eigenvalue weighted by atomic mass is 10.3. The number of hydrogen-bond acceptors (Lipinski definition) is 2. The number of allylic oxidation sites excluding steroid dienone is 4. The molecule has 2 heteroatoms. The predicted octanol–water partition coefficient (Wildman–Crippen LogP) is 2.40. The summed E-state index contributed by atoms with van der Waals surface area (Å²) in [5, 5.41) is 0. The molecule has 0 unspecified atom stereocenters. The van der Waals surface area contributed by atoms with E-state index in [1.165, 1.54) is 0 Å². The maximum atomic E-state index is 5.40. The highest BCUT2D eigenvalue weighted by Crippen LogP contribution is 2.15. The Morgan fingerprint density at radius 1 is 0.917 bits per heavy atom. The van der Waals surface area contributed by atoms with Crippen LogP contribution in [0.5, 0.6) is 0 Å². The molecule has 66 valence electrons. The van der Waals surface area contributed by atoms with Gasteiger partial charge in [-0.15, -0.1) is 0 Å². The molecule has 0 amide bonds. The highest BCUT2D eigenvalue weighted by Gasteiger charge is 2.09. The van der Waals surface area contributed by atoms with Crippen LogP contribution < -0.4 is 0 Å². The smallest absolute Gasteiger partial charge is 0.161 e. The Hall–Kier alpha value is -1.18. The van der Waals surface area contributed by atoms with E-state index in [0.717, 1.165) is 11.5 Å². The fourth-order valence-corrected chi connectivity index (χ4v) is 1.01. The minimum absolute atomic E-state index is 0.640. The third-order valence-corrected chi connectivity index (χ3v) is 1.48. The van der Waals surface area contributed by atoms with Crippen LogP contribution in [0.1, 0.15) is 13.8 Å². The Morgan fingerprint density at radius 3 is 1.67 bits per heavy atom. The molecule has 0 saturated carbocycles. The molecule has 0 aromatic carbocycles. The molecule has 1 rings (SSSR count). The van der Waals surface area contributed by atoms with E-state index < -0.39 is 0 Å². The van der Waals surface area contributed by atoms with Gasteiger partial charge in [0.05, 0.1) is 0 Å². The van der Waals surface area contributed by atoms with Crippen molar-refractivity contribution in [2.45, 2.75) is 13.8 Å². The van der Waals surface area contributed by atoms with Crippen LogP contribution in [0.25, 0.3) is 0 Å². The normalized spacial score (nSPS) is 18.5. The first kappa shape index (κ1) is 8.91. The van der Waals surface area contributed by atoms with Crippen molar-refractivity contribution in [1.29, 1.82) is 0 Å². The summed E-state index contributed by atoms with van der Waals surface area (Å²) in [6, 6.07) is 0. The van der Waals surface area contributed by atoms with Crippen molar-refractivity contribution in [3.63, 3.8) is 0 Å². The van der Waals surface area contributed by atoms with Crippen molar-refractivity contribution in [2.24, 2.45) is 0 Å². The second-order valence-electron chi connectivity index (χ2n) is 2.43. The van der Waals surface area contributed by atoms with Crippen molar-refractivity contribution in [3.05, 3.63) is 35.8 Å². The van der Waals surface area contributed by atoms with E-state index in [1.54, 1.807) is 0 Å². The van der Waals surface area contributed by atoms with Gasteiger partial charge in [-0.05, 0) is 26.0 Å². The van der Waals surface area contributed by atoms with Crippen LogP contribution >= 0.6 is 0 Å². The predicted molar refractivity (Wildman–Crippen MR) is 48.6 cm³/mol. The summed E-state index contributed by atoms with van der Waals surface area (Å²) in [7, 11) is 0. The molecular formula is C10H14O2. The number of hydrogen-bond donors (Lipinski definition) is 0. The minimum atomic E-state index is 0.640. The Labute approximate surface area is 73.2 Å². The SMILES string of the molecule is CC=CC1=C(/C=C\C)OCCO1. The molecular weight excluding hydrogens is 152 g/mol. The molecule has 0 N–H and O–H groups in total. The van der Waals surface area contributed by atoms with Gasteiger partial charge < -0.3 is 9.47 Å². The summed E-state index contributed by atoms with van der Waals surface area (Å²) in [6.07, 6.45) is 7.70. The van der Waals surface area contributed by atoms with E-state index in [1.807, 2.05) is 38.2 Å². The van der Waals surface area contributed by atoms with Gasteiger partial charge >= 0.3 is 0 Å². The summed E-state index contributed by atoms with van der Waals surface area (Å²) in [6.45, 7) is 5.19. The van der Waals surface area contributed by atoms with Gasteiger partial charge in [-0.1, -0.05) is 12.2 Å². The van der Waals surface area contributed by atoms with Crippen LogP contribution in [0.3, 0.4) is 0 Å². The van der Waals surface area contributed by atoms with Crippen LogP contribution in [-0.2, 0) is 9.47 Å². The molecule has 12 heavy (non-hydrogen) atoms. The molecule has 0 atom stereocenters.